The van der Waals surface area contributed by atoms with Crippen LogP contribution in [0.1, 0.15) is 64.2 Å². The zero-order chi connectivity index (χ0) is 24.0. The minimum absolute atomic E-state index is 0.103. The second-order valence-corrected chi connectivity index (χ2v) is 10.2. The Morgan fingerprint density at radius 3 is 2.33 bits per heavy atom. The van der Waals surface area contributed by atoms with Crippen LogP contribution in [-0.4, -0.2) is 32.6 Å². The van der Waals surface area contributed by atoms with Gasteiger partial charge in [0.15, 0.2) is 11.0 Å². The van der Waals surface area contributed by atoms with Crippen LogP contribution in [0.3, 0.4) is 0 Å². The molecule has 2 aromatic carbocycles. The molecule has 0 aliphatic carbocycles. The van der Waals surface area contributed by atoms with Crippen molar-refractivity contribution in [3.8, 4) is 11.4 Å². The van der Waals surface area contributed by atoms with Gasteiger partial charge in [0.25, 0.3) is 5.91 Å². The van der Waals surface area contributed by atoms with Crippen molar-refractivity contribution in [2.24, 2.45) is 5.10 Å². The van der Waals surface area contributed by atoms with Gasteiger partial charge in [-0.1, -0.05) is 94.9 Å². The lowest BCUT2D eigenvalue weighted by atomic mass is 9.87. The molecule has 0 unspecified atom stereocenters. The molecule has 0 saturated heterocycles. The second kappa shape index (κ2) is 10.8. The van der Waals surface area contributed by atoms with Gasteiger partial charge in [-0.2, -0.15) is 5.10 Å². The minimum Gasteiger partial charge on any atom is -0.302 e. The molecule has 0 spiro atoms. The molecule has 0 saturated carbocycles. The van der Waals surface area contributed by atoms with E-state index < -0.39 is 0 Å². The SMILES string of the molecule is CCn1c(SCC(=O)N/N=C\c2ccc(C(C)C)cc2)nnc1-c1ccc(C(C)(C)C)cc1. The van der Waals surface area contributed by atoms with Crippen LogP contribution in [0.4, 0.5) is 0 Å². The Hall–Kier alpha value is -2.93. The monoisotopic (exact) mass is 463 g/mol. The number of nitrogens with one attached hydrogen (secondary N) is 1. The quantitative estimate of drug-likeness (QED) is 0.267. The van der Waals surface area contributed by atoms with Crippen molar-refractivity contribution in [2.45, 2.75) is 64.6 Å². The van der Waals surface area contributed by atoms with E-state index in [1.54, 1.807) is 6.21 Å². The van der Waals surface area contributed by atoms with Crippen LogP contribution in [0, 0.1) is 0 Å². The van der Waals surface area contributed by atoms with Crippen molar-refractivity contribution >= 4 is 23.9 Å². The van der Waals surface area contributed by atoms with E-state index in [1.165, 1.54) is 22.9 Å². The van der Waals surface area contributed by atoms with E-state index in [4.69, 9.17) is 0 Å². The molecule has 0 atom stereocenters. The summed E-state index contributed by atoms with van der Waals surface area (Å²) in [6.07, 6.45) is 1.65. The molecule has 0 radical (unpaired) electrons. The number of hydrogen-bond donors (Lipinski definition) is 1. The molecule has 0 fully saturated rings. The average Bonchev–Trinajstić information content (AvgIpc) is 3.20. The van der Waals surface area contributed by atoms with E-state index in [9.17, 15) is 4.79 Å². The molecule has 1 amide bonds. The first-order chi connectivity index (χ1) is 15.7. The van der Waals surface area contributed by atoms with Gasteiger partial charge in [-0.3, -0.25) is 4.79 Å². The summed E-state index contributed by atoms with van der Waals surface area (Å²) in [4.78, 5) is 12.3. The molecule has 1 N–H and O–H groups in total. The highest BCUT2D eigenvalue weighted by Gasteiger charge is 2.17. The van der Waals surface area contributed by atoms with E-state index in [1.807, 2.05) is 16.7 Å². The second-order valence-electron chi connectivity index (χ2n) is 9.28. The molecule has 3 aromatic rings. The number of nitrogens with zero attached hydrogens (tertiary/aromatic N) is 4. The summed E-state index contributed by atoms with van der Waals surface area (Å²) in [5.74, 6) is 1.33. The Morgan fingerprint density at radius 1 is 1.09 bits per heavy atom. The van der Waals surface area contributed by atoms with E-state index in [2.05, 4.69) is 98.7 Å². The first-order valence-electron chi connectivity index (χ1n) is 11.3. The normalized spacial score (nSPS) is 12.0. The lowest BCUT2D eigenvalue weighted by Crippen LogP contribution is -2.20. The van der Waals surface area contributed by atoms with Gasteiger partial charge in [0.2, 0.25) is 0 Å². The summed E-state index contributed by atoms with van der Waals surface area (Å²) in [7, 11) is 0. The van der Waals surface area contributed by atoms with Gasteiger partial charge >= 0.3 is 0 Å². The largest absolute Gasteiger partial charge is 0.302 e. The summed E-state index contributed by atoms with van der Waals surface area (Å²) in [5, 5.41) is 13.5. The number of thioether (sulfide) groups is 1. The topological polar surface area (TPSA) is 72.2 Å². The molecule has 33 heavy (non-hydrogen) atoms. The van der Waals surface area contributed by atoms with Crippen LogP contribution in [0.25, 0.3) is 11.4 Å². The number of carbonyl (C=O) groups excluding carboxylic acids is 1. The highest BCUT2D eigenvalue weighted by molar-refractivity contribution is 7.99. The van der Waals surface area contributed by atoms with Crippen molar-refractivity contribution in [1.29, 1.82) is 0 Å². The molecule has 0 aliphatic heterocycles. The molecule has 3 rings (SSSR count). The standard InChI is InChI=1S/C26H33N5OS/c1-7-31-24(21-12-14-22(15-13-21)26(4,5)6)29-30-25(31)33-17-23(32)28-27-16-19-8-10-20(11-9-19)18(2)3/h8-16,18H,7,17H2,1-6H3,(H,28,32)/b27-16-. The highest BCUT2D eigenvalue weighted by atomic mass is 32.2. The van der Waals surface area contributed by atoms with Gasteiger partial charge in [-0.05, 0) is 34.9 Å². The number of hydrazone groups is 1. The number of benzene rings is 2. The minimum atomic E-state index is -0.184. The zero-order valence-corrected chi connectivity index (χ0v) is 21.1. The molecule has 1 aromatic heterocycles. The third-order valence-corrected chi connectivity index (χ3v) is 6.35. The van der Waals surface area contributed by atoms with E-state index in [0.717, 1.165) is 28.7 Å². The predicted molar refractivity (Wildman–Crippen MR) is 137 cm³/mol. The Morgan fingerprint density at radius 2 is 1.76 bits per heavy atom. The van der Waals surface area contributed by atoms with Crippen LogP contribution in [0.2, 0.25) is 0 Å². The van der Waals surface area contributed by atoms with Crippen molar-refractivity contribution in [1.82, 2.24) is 20.2 Å². The van der Waals surface area contributed by atoms with Crippen molar-refractivity contribution < 1.29 is 4.79 Å². The maximum atomic E-state index is 12.3. The lowest BCUT2D eigenvalue weighted by molar-refractivity contribution is -0.118. The summed E-state index contributed by atoms with van der Waals surface area (Å²) < 4.78 is 2.03. The molecule has 1 heterocycles. The molecule has 0 aliphatic rings. The molecule has 0 bridgehead atoms. The van der Waals surface area contributed by atoms with Gasteiger partial charge < -0.3 is 4.57 Å². The Kier molecular flexibility index (Phi) is 8.08. The number of aromatic nitrogens is 3. The van der Waals surface area contributed by atoms with E-state index in [-0.39, 0.29) is 17.1 Å². The van der Waals surface area contributed by atoms with Gasteiger partial charge in [0, 0.05) is 12.1 Å². The molecule has 7 heteroatoms. The maximum Gasteiger partial charge on any atom is 0.250 e. The summed E-state index contributed by atoms with van der Waals surface area (Å²) >= 11 is 1.36. The third-order valence-electron chi connectivity index (χ3n) is 5.38. The van der Waals surface area contributed by atoms with Crippen molar-refractivity contribution in [3.05, 3.63) is 65.2 Å². The third kappa shape index (κ3) is 6.54. The fraction of sp³-hybridized carbons (Fsp3) is 0.385. The van der Waals surface area contributed by atoms with Crippen LogP contribution < -0.4 is 5.43 Å². The Labute approximate surface area is 200 Å². The molecule has 6 nitrogen and oxygen atoms in total. The number of hydrogen-bond acceptors (Lipinski definition) is 5. The van der Waals surface area contributed by atoms with Crippen LogP contribution in [-0.2, 0) is 16.8 Å². The highest BCUT2D eigenvalue weighted by Crippen LogP contribution is 2.27. The number of amides is 1. The molecular weight excluding hydrogens is 430 g/mol. The summed E-state index contributed by atoms with van der Waals surface area (Å²) in [6.45, 7) is 13.7. The number of carbonyl (C=O) groups is 1. The summed E-state index contributed by atoms with van der Waals surface area (Å²) in [5.41, 5.74) is 7.20. The Balaban J connectivity index is 1.59. The fourth-order valence-electron chi connectivity index (χ4n) is 3.32. The predicted octanol–water partition coefficient (Wildman–Crippen LogP) is 5.63. The maximum absolute atomic E-state index is 12.3. The van der Waals surface area contributed by atoms with Gasteiger partial charge in [0.05, 0.1) is 12.0 Å². The number of rotatable bonds is 8. The lowest BCUT2D eigenvalue weighted by Gasteiger charge is -2.19. The first-order valence-corrected chi connectivity index (χ1v) is 12.3. The first kappa shape index (κ1) is 24.7. The van der Waals surface area contributed by atoms with Gasteiger partial charge in [-0.15, -0.1) is 10.2 Å². The van der Waals surface area contributed by atoms with Gasteiger partial charge in [0.1, 0.15) is 0 Å². The summed E-state index contributed by atoms with van der Waals surface area (Å²) in [6, 6.07) is 16.6. The van der Waals surface area contributed by atoms with Crippen LogP contribution in [0.5, 0.6) is 0 Å². The van der Waals surface area contributed by atoms with Crippen LogP contribution >= 0.6 is 11.8 Å². The Bertz CT molecular complexity index is 1090. The molecular formula is C26H33N5OS. The van der Waals surface area contributed by atoms with Crippen molar-refractivity contribution in [3.63, 3.8) is 0 Å². The van der Waals surface area contributed by atoms with E-state index in [0.29, 0.717) is 5.92 Å². The van der Waals surface area contributed by atoms with Crippen molar-refractivity contribution in [2.75, 3.05) is 5.75 Å². The van der Waals surface area contributed by atoms with Gasteiger partial charge in [-0.25, -0.2) is 5.43 Å². The average molecular weight is 464 g/mol. The smallest absolute Gasteiger partial charge is 0.250 e. The fourth-order valence-corrected chi connectivity index (χ4v) is 4.12. The van der Waals surface area contributed by atoms with E-state index >= 15 is 0 Å². The van der Waals surface area contributed by atoms with Crippen LogP contribution in [0.15, 0.2) is 58.8 Å². The zero-order valence-electron chi connectivity index (χ0n) is 20.3. The molecule has 174 valence electrons.